The Hall–Kier alpha value is -0.800. The molecule has 0 spiro atoms. The van der Waals surface area contributed by atoms with Crippen LogP contribution in [0.4, 0.5) is 0 Å². The van der Waals surface area contributed by atoms with Gasteiger partial charge in [0.05, 0.1) is 0 Å². The molecular formula is C16H23NOS. The van der Waals surface area contributed by atoms with Crippen molar-refractivity contribution in [3.05, 3.63) is 35.9 Å². The molecule has 1 aliphatic rings. The Balaban J connectivity index is 1.84. The minimum absolute atomic E-state index is 0.0910. The third kappa shape index (κ3) is 4.08. The van der Waals surface area contributed by atoms with E-state index in [1.54, 1.807) is 0 Å². The molecule has 1 aromatic carbocycles. The molecule has 0 aromatic heterocycles. The van der Waals surface area contributed by atoms with Crippen molar-refractivity contribution in [3.63, 3.8) is 0 Å². The molecule has 0 bridgehead atoms. The van der Waals surface area contributed by atoms with Gasteiger partial charge in [-0.1, -0.05) is 37.3 Å². The lowest BCUT2D eigenvalue weighted by Gasteiger charge is -2.32. The van der Waals surface area contributed by atoms with Gasteiger partial charge in [0.15, 0.2) is 5.78 Å². The van der Waals surface area contributed by atoms with Crippen LogP contribution >= 0.6 is 11.8 Å². The van der Waals surface area contributed by atoms with Crippen molar-refractivity contribution in [2.75, 3.05) is 25.9 Å². The fourth-order valence-electron chi connectivity index (χ4n) is 2.68. The van der Waals surface area contributed by atoms with E-state index < -0.39 is 0 Å². The minimum atomic E-state index is 0.0910. The summed E-state index contributed by atoms with van der Waals surface area (Å²) in [7, 11) is 0. The monoisotopic (exact) mass is 277 g/mol. The van der Waals surface area contributed by atoms with Gasteiger partial charge in [0.25, 0.3) is 0 Å². The van der Waals surface area contributed by atoms with Gasteiger partial charge in [-0.2, -0.15) is 11.8 Å². The van der Waals surface area contributed by atoms with E-state index in [0.717, 1.165) is 30.4 Å². The second-order valence-electron chi connectivity index (χ2n) is 5.37. The van der Waals surface area contributed by atoms with Crippen molar-refractivity contribution in [1.82, 2.24) is 4.90 Å². The van der Waals surface area contributed by atoms with Gasteiger partial charge in [0, 0.05) is 23.3 Å². The zero-order valence-corrected chi connectivity index (χ0v) is 12.7. The van der Waals surface area contributed by atoms with Gasteiger partial charge in [-0.3, -0.25) is 4.79 Å². The number of likely N-dealkylation sites (tertiary alicyclic amines) is 1. The molecule has 3 heteroatoms. The van der Waals surface area contributed by atoms with Crippen LogP contribution in [0.15, 0.2) is 30.3 Å². The van der Waals surface area contributed by atoms with Crippen molar-refractivity contribution >= 4 is 17.5 Å². The first-order valence-electron chi connectivity index (χ1n) is 7.05. The van der Waals surface area contributed by atoms with Gasteiger partial charge in [-0.25, -0.2) is 0 Å². The first-order chi connectivity index (χ1) is 9.20. The predicted molar refractivity (Wildman–Crippen MR) is 82.9 cm³/mol. The highest BCUT2D eigenvalue weighted by Crippen LogP contribution is 2.22. The first-order valence-corrected chi connectivity index (χ1v) is 8.34. The largest absolute Gasteiger partial charge is 0.303 e. The summed E-state index contributed by atoms with van der Waals surface area (Å²) < 4.78 is 0. The van der Waals surface area contributed by atoms with E-state index >= 15 is 0 Å². The van der Waals surface area contributed by atoms with E-state index in [9.17, 15) is 4.79 Å². The zero-order chi connectivity index (χ0) is 13.7. The second-order valence-corrected chi connectivity index (χ2v) is 6.51. The van der Waals surface area contributed by atoms with Crippen LogP contribution in [0.5, 0.6) is 0 Å². The van der Waals surface area contributed by atoms with Crippen LogP contribution in [0, 0.1) is 5.92 Å². The number of nitrogens with zero attached hydrogens (tertiary/aromatic N) is 1. The Kier molecular flexibility index (Phi) is 5.46. The van der Waals surface area contributed by atoms with Crippen LogP contribution in [0.25, 0.3) is 0 Å². The molecule has 1 aromatic rings. The molecule has 0 radical (unpaired) electrons. The van der Waals surface area contributed by atoms with Crippen LogP contribution in [-0.4, -0.2) is 41.8 Å². The van der Waals surface area contributed by atoms with Crippen molar-refractivity contribution in [2.45, 2.75) is 25.0 Å². The number of hydrogen-bond donors (Lipinski definition) is 0. The van der Waals surface area contributed by atoms with E-state index in [1.165, 1.54) is 12.8 Å². The number of Topliss-reactive ketones (excluding diaryl/α,β-unsaturated/α-hetero) is 1. The van der Waals surface area contributed by atoms with E-state index in [-0.39, 0.29) is 11.7 Å². The Morgan fingerprint density at radius 2 is 1.95 bits per heavy atom. The lowest BCUT2D eigenvalue weighted by molar-refractivity contribution is 0.0885. The van der Waals surface area contributed by atoms with Crippen LogP contribution in [0.2, 0.25) is 0 Å². The molecule has 2 nitrogen and oxygen atoms in total. The summed E-state index contributed by atoms with van der Waals surface area (Å²) in [6.07, 6.45) is 4.71. The molecule has 0 N–H and O–H groups in total. The number of thioether (sulfide) groups is 1. The lowest BCUT2D eigenvalue weighted by atomic mass is 9.98. The van der Waals surface area contributed by atoms with Crippen molar-refractivity contribution in [3.8, 4) is 0 Å². The fraction of sp³-hybridized carbons (Fsp3) is 0.562. The van der Waals surface area contributed by atoms with Gasteiger partial charge in [0.1, 0.15) is 0 Å². The maximum Gasteiger partial charge on any atom is 0.166 e. The number of piperidine rings is 1. The summed E-state index contributed by atoms with van der Waals surface area (Å²) in [6, 6.07) is 9.65. The van der Waals surface area contributed by atoms with Crippen LogP contribution in [0.3, 0.4) is 0 Å². The summed E-state index contributed by atoms with van der Waals surface area (Å²) >= 11 is 1.98. The Morgan fingerprint density at radius 3 is 2.53 bits per heavy atom. The third-order valence-electron chi connectivity index (χ3n) is 3.91. The Morgan fingerprint density at radius 1 is 1.32 bits per heavy atom. The quantitative estimate of drug-likeness (QED) is 0.770. The molecule has 1 saturated heterocycles. The second kappa shape index (κ2) is 7.11. The van der Waals surface area contributed by atoms with E-state index in [4.69, 9.17) is 0 Å². The minimum Gasteiger partial charge on any atom is -0.303 e. The van der Waals surface area contributed by atoms with Gasteiger partial charge >= 0.3 is 0 Å². The molecular weight excluding hydrogens is 254 g/mol. The number of ketones is 1. The van der Waals surface area contributed by atoms with E-state index in [2.05, 4.69) is 18.1 Å². The highest BCUT2D eigenvalue weighted by molar-refractivity contribution is 7.99. The number of hydrogen-bond acceptors (Lipinski definition) is 3. The van der Waals surface area contributed by atoms with E-state index in [0.29, 0.717) is 0 Å². The number of rotatable bonds is 5. The zero-order valence-electron chi connectivity index (χ0n) is 11.8. The Bertz CT molecular complexity index is 398. The first kappa shape index (κ1) is 14.6. The van der Waals surface area contributed by atoms with Gasteiger partial charge in [-0.15, -0.1) is 0 Å². The molecule has 1 unspecified atom stereocenters. The van der Waals surface area contributed by atoms with Crippen LogP contribution in [-0.2, 0) is 0 Å². The fourth-order valence-corrected chi connectivity index (χ4v) is 3.37. The normalized spacial score (nSPS) is 19.3. The predicted octanol–water partition coefficient (Wildman–Crippen LogP) is 3.33. The molecule has 1 heterocycles. The molecule has 1 atom stereocenters. The molecule has 104 valence electrons. The van der Waals surface area contributed by atoms with Gasteiger partial charge in [-0.05, 0) is 32.2 Å². The molecule has 0 saturated carbocycles. The molecule has 0 aliphatic carbocycles. The molecule has 0 amide bonds. The van der Waals surface area contributed by atoms with E-state index in [1.807, 2.05) is 42.1 Å². The number of carbonyl (C=O) groups is 1. The maximum atomic E-state index is 12.3. The topological polar surface area (TPSA) is 20.3 Å². The van der Waals surface area contributed by atoms with Crippen molar-refractivity contribution < 1.29 is 4.79 Å². The SMILES string of the molecule is CSC1CCN(CC(C)C(=O)c2ccccc2)CC1. The summed E-state index contributed by atoms with van der Waals surface area (Å²) in [5, 5.41) is 0.816. The van der Waals surface area contributed by atoms with Crippen LogP contribution in [0.1, 0.15) is 30.1 Å². The molecule has 19 heavy (non-hydrogen) atoms. The third-order valence-corrected chi connectivity index (χ3v) is 5.04. The van der Waals surface area contributed by atoms with Crippen molar-refractivity contribution in [2.24, 2.45) is 5.92 Å². The lowest BCUT2D eigenvalue weighted by Crippen LogP contribution is -2.39. The summed E-state index contributed by atoms with van der Waals surface area (Å²) in [5.74, 6) is 0.362. The maximum absolute atomic E-state index is 12.3. The average molecular weight is 277 g/mol. The highest BCUT2D eigenvalue weighted by Gasteiger charge is 2.22. The molecule has 1 aliphatic heterocycles. The number of benzene rings is 1. The molecule has 2 rings (SSSR count). The van der Waals surface area contributed by atoms with Crippen LogP contribution < -0.4 is 0 Å². The summed E-state index contributed by atoms with van der Waals surface area (Å²) in [4.78, 5) is 14.8. The highest BCUT2D eigenvalue weighted by atomic mass is 32.2. The van der Waals surface area contributed by atoms with Gasteiger partial charge in [0.2, 0.25) is 0 Å². The Labute approximate surface area is 120 Å². The standard InChI is InChI=1S/C16H23NOS/c1-13(16(18)14-6-4-3-5-7-14)12-17-10-8-15(19-2)9-11-17/h3-7,13,15H,8-12H2,1-2H3. The average Bonchev–Trinajstić information content (AvgIpc) is 2.48. The summed E-state index contributed by atoms with van der Waals surface area (Å²) in [5.41, 5.74) is 0.842. The van der Waals surface area contributed by atoms with Crippen molar-refractivity contribution in [1.29, 1.82) is 0 Å². The van der Waals surface area contributed by atoms with Gasteiger partial charge < -0.3 is 4.90 Å². The molecule has 1 fully saturated rings. The summed E-state index contributed by atoms with van der Waals surface area (Å²) in [6.45, 7) is 5.22. The number of carbonyl (C=O) groups excluding carboxylic acids is 1. The smallest absolute Gasteiger partial charge is 0.166 e.